The molecule has 1 saturated heterocycles. The minimum Gasteiger partial charge on any atom is -0.497 e. The summed E-state index contributed by atoms with van der Waals surface area (Å²) in [7, 11) is -2.29. The maximum atomic E-state index is 12.7. The molecule has 1 aromatic rings. The van der Waals surface area contributed by atoms with Crippen LogP contribution >= 0.6 is 0 Å². The van der Waals surface area contributed by atoms with Crippen LogP contribution in [0, 0.1) is 11.8 Å². The quantitative estimate of drug-likeness (QED) is 0.655. The lowest BCUT2D eigenvalue weighted by molar-refractivity contribution is -0.124. The van der Waals surface area contributed by atoms with E-state index >= 15 is 0 Å². The third-order valence-corrected chi connectivity index (χ3v) is 6.21. The first-order chi connectivity index (χ1) is 12.2. The Bertz CT molecular complexity index is 704. The van der Waals surface area contributed by atoms with E-state index in [1.54, 1.807) is 12.1 Å². The number of amides is 1. The fourth-order valence-electron chi connectivity index (χ4n) is 2.94. The minimum absolute atomic E-state index is 0.00277. The molecule has 0 aromatic heterocycles. The van der Waals surface area contributed by atoms with Crippen molar-refractivity contribution in [3.8, 4) is 5.75 Å². The molecule has 1 aromatic carbocycles. The first-order valence-electron chi connectivity index (χ1n) is 8.92. The van der Waals surface area contributed by atoms with Crippen molar-refractivity contribution in [3.05, 3.63) is 24.3 Å². The summed E-state index contributed by atoms with van der Waals surface area (Å²) >= 11 is 0. The highest BCUT2D eigenvalue weighted by Crippen LogP contribution is 2.17. The first kappa shape index (κ1) is 20.7. The molecule has 3 atom stereocenters. The Labute approximate surface area is 155 Å². The van der Waals surface area contributed by atoms with E-state index in [4.69, 9.17) is 4.74 Å². The van der Waals surface area contributed by atoms with Crippen LogP contribution in [-0.4, -0.2) is 46.6 Å². The number of benzene rings is 1. The first-order valence-corrected chi connectivity index (χ1v) is 10.4. The maximum Gasteiger partial charge on any atom is 0.241 e. The third kappa shape index (κ3) is 5.18. The fraction of sp³-hybridized carbons (Fsp3) is 0.611. The van der Waals surface area contributed by atoms with Gasteiger partial charge in [0.1, 0.15) is 11.8 Å². The molecule has 26 heavy (non-hydrogen) atoms. The molecule has 3 unspecified atom stereocenters. The normalized spacial score (nSPS) is 22.0. The molecule has 1 aliphatic heterocycles. The van der Waals surface area contributed by atoms with Gasteiger partial charge in [-0.3, -0.25) is 4.79 Å². The average molecular weight is 384 g/mol. The topological polar surface area (TPSA) is 96.5 Å². The third-order valence-electron chi connectivity index (χ3n) is 4.76. The molecule has 1 amide bonds. The van der Waals surface area contributed by atoms with Gasteiger partial charge in [0.25, 0.3) is 0 Å². The summed E-state index contributed by atoms with van der Waals surface area (Å²) in [6, 6.07) is 5.25. The summed E-state index contributed by atoms with van der Waals surface area (Å²) in [6.07, 6.45) is 0.981. The van der Waals surface area contributed by atoms with Crippen LogP contribution in [0.4, 0.5) is 0 Å². The van der Waals surface area contributed by atoms with Gasteiger partial charge in [-0.05, 0) is 49.1 Å². The van der Waals surface area contributed by atoms with Gasteiger partial charge in [0, 0.05) is 12.6 Å². The van der Waals surface area contributed by atoms with Gasteiger partial charge in [-0.15, -0.1) is 0 Å². The zero-order valence-electron chi connectivity index (χ0n) is 15.8. The molecular weight excluding hydrogens is 354 g/mol. The van der Waals surface area contributed by atoms with E-state index in [0.29, 0.717) is 18.2 Å². The van der Waals surface area contributed by atoms with E-state index in [2.05, 4.69) is 22.3 Å². The molecule has 1 heterocycles. The summed E-state index contributed by atoms with van der Waals surface area (Å²) in [6.45, 7) is 7.37. The molecule has 2 rings (SSSR count). The van der Waals surface area contributed by atoms with Crippen LogP contribution in [0.25, 0.3) is 0 Å². The molecule has 8 heteroatoms. The molecular formula is C18H29N3O4S. The van der Waals surface area contributed by atoms with Gasteiger partial charge in [0.15, 0.2) is 0 Å². The fourth-order valence-corrected chi connectivity index (χ4v) is 4.28. The Morgan fingerprint density at radius 1 is 1.27 bits per heavy atom. The molecule has 0 bridgehead atoms. The number of rotatable bonds is 7. The lowest BCUT2D eigenvalue weighted by Gasteiger charge is -2.32. The Hall–Kier alpha value is -1.64. The van der Waals surface area contributed by atoms with Gasteiger partial charge >= 0.3 is 0 Å². The van der Waals surface area contributed by atoms with E-state index in [9.17, 15) is 13.2 Å². The molecule has 1 aliphatic rings. The van der Waals surface area contributed by atoms with Crippen LogP contribution in [0.5, 0.6) is 5.75 Å². The second kappa shape index (κ2) is 8.83. The van der Waals surface area contributed by atoms with Gasteiger partial charge in [-0.2, -0.15) is 4.72 Å². The largest absolute Gasteiger partial charge is 0.497 e. The van der Waals surface area contributed by atoms with Crippen molar-refractivity contribution in [2.75, 3.05) is 20.2 Å². The second-order valence-electron chi connectivity index (χ2n) is 7.10. The van der Waals surface area contributed by atoms with Crippen LogP contribution in [0.1, 0.15) is 27.2 Å². The van der Waals surface area contributed by atoms with Gasteiger partial charge in [-0.1, -0.05) is 20.8 Å². The molecule has 0 saturated carbocycles. The SMILES string of the molecule is COc1ccc(S(=O)(=O)NC(C(=O)NC2CNCCC2C)C(C)C)cc1. The summed E-state index contributed by atoms with van der Waals surface area (Å²) < 4.78 is 32.9. The number of hydrogen-bond acceptors (Lipinski definition) is 5. The molecule has 0 aliphatic carbocycles. The van der Waals surface area contributed by atoms with Crippen LogP contribution in [0.2, 0.25) is 0 Å². The zero-order valence-corrected chi connectivity index (χ0v) is 16.6. The molecule has 7 nitrogen and oxygen atoms in total. The lowest BCUT2D eigenvalue weighted by Crippen LogP contribution is -2.56. The highest BCUT2D eigenvalue weighted by atomic mass is 32.2. The van der Waals surface area contributed by atoms with E-state index in [1.807, 2.05) is 13.8 Å². The molecule has 3 N–H and O–H groups in total. The number of ether oxygens (including phenoxy) is 1. The average Bonchev–Trinajstić information content (AvgIpc) is 2.61. The highest BCUT2D eigenvalue weighted by Gasteiger charge is 2.31. The number of carbonyl (C=O) groups is 1. The maximum absolute atomic E-state index is 12.7. The van der Waals surface area contributed by atoms with Crippen LogP contribution in [0.3, 0.4) is 0 Å². The Morgan fingerprint density at radius 3 is 2.46 bits per heavy atom. The molecule has 146 valence electrons. The van der Waals surface area contributed by atoms with Crippen molar-refractivity contribution in [1.29, 1.82) is 0 Å². The molecule has 1 fully saturated rings. The lowest BCUT2D eigenvalue weighted by atomic mass is 9.94. The summed E-state index contributed by atoms with van der Waals surface area (Å²) in [5.74, 6) is 0.444. The Morgan fingerprint density at radius 2 is 1.92 bits per heavy atom. The molecule has 0 spiro atoms. The van der Waals surface area contributed by atoms with Crippen LogP contribution in [-0.2, 0) is 14.8 Å². The van der Waals surface area contributed by atoms with Gasteiger partial charge in [0.2, 0.25) is 15.9 Å². The van der Waals surface area contributed by atoms with Crippen molar-refractivity contribution >= 4 is 15.9 Å². The predicted octanol–water partition coefficient (Wildman–Crippen LogP) is 1.11. The standard InChI is InChI=1S/C18H29N3O4S/c1-12(2)17(18(22)20-16-11-19-10-9-13(16)3)21-26(23,24)15-7-5-14(25-4)6-8-15/h5-8,12-13,16-17,19,21H,9-11H2,1-4H3,(H,20,22). The number of piperidine rings is 1. The number of sulfonamides is 1. The van der Waals surface area contributed by atoms with Crippen LogP contribution in [0.15, 0.2) is 29.2 Å². The summed E-state index contributed by atoms with van der Waals surface area (Å²) in [5.41, 5.74) is 0. The van der Waals surface area contributed by atoms with Crippen molar-refractivity contribution < 1.29 is 17.9 Å². The minimum atomic E-state index is -3.81. The van der Waals surface area contributed by atoms with Crippen molar-refractivity contribution in [2.24, 2.45) is 11.8 Å². The van der Waals surface area contributed by atoms with E-state index in [1.165, 1.54) is 19.2 Å². The summed E-state index contributed by atoms with van der Waals surface area (Å²) in [5, 5.41) is 6.25. The second-order valence-corrected chi connectivity index (χ2v) is 8.82. The molecule has 0 radical (unpaired) electrons. The van der Waals surface area contributed by atoms with Crippen LogP contribution < -0.4 is 20.1 Å². The van der Waals surface area contributed by atoms with Crippen molar-refractivity contribution in [1.82, 2.24) is 15.4 Å². The number of hydrogen-bond donors (Lipinski definition) is 3. The predicted molar refractivity (Wildman–Crippen MR) is 101 cm³/mol. The van der Waals surface area contributed by atoms with Gasteiger partial charge in [0.05, 0.1) is 12.0 Å². The highest BCUT2D eigenvalue weighted by molar-refractivity contribution is 7.89. The Balaban J connectivity index is 2.11. The number of carbonyl (C=O) groups excluding carboxylic acids is 1. The van der Waals surface area contributed by atoms with Gasteiger partial charge < -0.3 is 15.4 Å². The number of nitrogens with one attached hydrogen (secondary N) is 3. The van der Waals surface area contributed by atoms with E-state index < -0.39 is 16.1 Å². The number of methoxy groups -OCH3 is 1. The van der Waals surface area contributed by atoms with E-state index in [-0.39, 0.29) is 22.8 Å². The Kier molecular flexibility index (Phi) is 7.02. The van der Waals surface area contributed by atoms with Crippen molar-refractivity contribution in [3.63, 3.8) is 0 Å². The van der Waals surface area contributed by atoms with E-state index in [0.717, 1.165) is 13.0 Å². The summed E-state index contributed by atoms with van der Waals surface area (Å²) in [4.78, 5) is 12.8. The monoisotopic (exact) mass is 383 g/mol. The smallest absolute Gasteiger partial charge is 0.241 e. The zero-order chi connectivity index (χ0) is 19.3. The van der Waals surface area contributed by atoms with Gasteiger partial charge in [-0.25, -0.2) is 8.42 Å². The van der Waals surface area contributed by atoms with Crippen molar-refractivity contribution in [2.45, 2.75) is 44.2 Å².